The van der Waals surface area contributed by atoms with Crippen molar-refractivity contribution < 1.29 is 17.9 Å². The van der Waals surface area contributed by atoms with Crippen molar-refractivity contribution in [1.82, 2.24) is 0 Å². The van der Waals surface area contributed by atoms with Gasteiger partial charge in [-0.25, -0.2) is 8.42 Å². The summed E-state index contributed by atoms with van der Waals surface area (Å²) in [4.78, 5) is 11.5. The monoisotopic (exact) mass is 271 g/mol. The van der Waals surface area contributed by atoms with Crippen LogP contribution in [0.1, 0.15) is 18.4 Å². The largest absolute Gasteiger partial charge is 0.384 e. The number of rotatable bonds is 6. The molecule has 6 heteroatoms. The average Bonchev–Trinajstić information content (AvgIpc) is 2.36. The quantitative estimate of drug-likeness (QED) is 0.825. The number of nitrogens with two attached hydrogens (primary N) is 1. The second-order valence-electron chi connectivity index (χ2n) is 3.88. The summed E-state index contributed by atoms with van der Waals surface area (Å²) < 4.78 is 28.2. The fourth-order valence-corrected chi connectivity index (χ4v) is 2.47. The van der Waals surface area contributed by atoms with E-state index in [9.17, 15) is 13.2 Å². The van der Waals surface area contributed by atoms with Crippen LogP contribution in [0.4, 0.5) is 0 Å². The third kappa shape index (κ3) is 3.30. The Morgan fingerprint density at radius 3 is 2.28 bits per heavy atom. The summed E-state index contributed by atoms with van der Waals surface area (Å²) in [5.41, 5.74) is 5.92. The van der Waals surface area contributed by atoms with Crippen LogP contribution < -0.4 is 5.73 Å². The maximum absolute atomic E-state index is 11.6. The normalized spacial score (nSPS) is 13.2. The van der Waals surface area contributed by atoms with Crippen LogP contribution in [-0.2, 0) is 19.4 Å². The number of sulfone groups is 1. The van der Waals surface area contributed by atoms with E-state index in [1.807, 2.05) is 0 Å². The number of primary amides is 1. The second kappa shape index (κ2) is 5.97. The zero-order valence-corrected chi connectivity index (χ0v) is 11.2. The van der Waals surface area contributed by atoms with Crippen LogP contribution >= 0.6 is 0 Å². The summed E-state index contributed by atoms with van der Waals surface area (Å²) in [6, 6.07) is 6.16. The van der Waals surface area contributed by atoms with Gasteiger partial charge in [-0.2, -0.15) is 0 Å². The van der Waals surface area contributed by atoms with Crippen LogP contribution in [0.15, 0.2) is 29.2 Å². The fourth-order valence-electron chi connectivity index (χ4n) is 1.58. The molecule has 1 amide bonds. The summed E-state index contributed by atoms with van der Waals surface area (Å²) in [6.45, 7) is 1.76. The molecule has 2 N–H and O–H groups in total. The molecule has 0 aliphatic carbocycles. The van der Waals surface area contributed by atoms with E-state index in [1.165, 1.54) is 19.2 Å². The van der Waals surface area contributed by atoms with E-state index in [0.717, 1.165) is 0 Å². The predicted molar refractivity (Wildman–Crippen MR) is 68.0 cm³/mol. The van der Waals surface area contributed by atoms with Crippen molar-refractivity contribution >= 4 is 15.7 Å². The van der Waals surface area contributed by atoms with Crippen molar-refractivity contribution in [3.05, 3.63) is 29.8 Å². The van der Waals surface area contributed by atoms with E-state index >= 15 is 0 Å². The molecule has 18 heavy (non-hydrogen) atoms. The first-order valence-electron chi connectivity index (χ1n) is 5.53. The molecule has 1 aromatic carbocycles. The Kier molecular flexibility index (Phi) is 4.86. The van der Waals surface area contributed by atoms with Gasteiger partial charge in [0.05, 0.1) is 23.2 Å². The zero-order chi connectivity index (χ0) is 13.8. The van der Waals surface area contributed by atoms with Crippen LogP contribution in [0, 0.1) is 0 Å². The molecule has 0 saturated heterocycles. The Labute approximate surface area is 107 Å². The summed E-state index contributed by atoms with van der Waals surface area (Å²) in [7, 11) is -1.74. The Morgan fingerprint density at radius 2 is 1.89 bits per heavy atom. The smallest absolute Gasteiger partial charge is 0.227 e. The van der Waals surface area contributed by atoms with E-state index < -0.39 is 21.7 Å². The number of amides is 1. The number of hydrogen-bond acceptors (Lipinski definition) is 4. The summed E-state index contributed by atoms with van der Waals surface area (Å²) >= 11 is 0. The SMILES string of the molecule is CCS(=O)(=O)c1ccc(C(COC)C(N)=O)cc1. The highest BCUT2D eigenvalue weighted by Gasteiger charge is 2.19. The highest BCUT2D eigenvalue weighted by Crippen LogP contribution is 2.19. The van der Waals surface area contributed by atoms with Crippen molar-refractivity contribution in [2.75, 3.05) is 19.5 Å². The maximum Gasteiger partial charge on any atom is 0.227 e. The summed E-state index contributed by atoms with van der Waals surface area (Å²) in [6.07, 6.45) is 0. The first-order chi connectivity index (χ1) is 8.42. The topological polar surface area (TPSA) is 86.5 Å². The first kappa shape index (κ1) is 14.7. The van der Waals surface area contributed by atoms with Crippen molar-refractivity contribution in [2.24, 2.45) is 5.73 Å². The maximum atomic E-state index is 11.6. The molecule has 100 valence electrons. The van der Waals surface area contributed by atoms with Crippen molar-refractivity contribution in [3.8, 4) is 0 Å². The van der Waals surface area contributed by atoms with Crippen LogP contribution in [0.25, 0.3) is 0 Å². The Balaban J connectivity index is 3.05. The Bertz CT molecular complexity index is 507. The lowest BCUT2D eigenvalue weighted by molar-refractivity contribution is -0.120. The molecule has 0 aliphatic heterocycles. The Hall–Kier alpha value is -1.40. The van der Waals surface area contributed by atoms with Gasteiger partial charge in [-0.05, 0) is 17.7 Å². The predicted octanol–water partition coefficient (Wildman–Crippen LogP) is 0.695. The average molecular weight is 271 g/mol. The molecular formula is C12H17NO4S. The van der Waals surface area contributed by atoms with Gasteiger partial charge in [0.25, 0.3) is 0 Å². The Morgan fingerprint density at radius 1 is 1.33 bits per heavy atom. The number of benzene rings is 1. The van der Waals surface area contributed by atoms with Crippen LogP contribution in [-0.4, -0.2) is 33.8 Å². The van der Waals surface area contributed by atoms with Gasteiger partial charge < -0.3 is 10.5 Å². The van der Waals surface area contributed by atoms with Gasteiger partial charge in [0.2, 0.25) is 5.91 Å². The van der Waals surface area contributed by atoms with Crippen molar-refractivity contribution in [2.45, 2.75) is 17.7 Å². The third-order valence-corrected chi connectivity index (χ3v) is 4.45. The molecular weight excluding hydrogens is 254 g/mol. The molecule has 0 fully saturated rings. The van der Waals surface area contributed by atoms with Gasteiger partial charge in [0.1, 0.15) is 0 Å². The number of methoxy groups -OCH3 is 1. The lowest BCUT2D eigenvalue weighted by atomic mass is 10.00. The van der Waals surface area contributed by atoms with E-state index in [4.69, 9.17) is 10.5 Å². The highest BCUT2D eigenvalue weighted by atomic mass is 32.2. The second-order valence-corrected chi connectivity index (χ2v) is 6.16. The molecule has 0 bridgehead atoms. The van der Waals surface area contributed by atoms with Gasteiger partial charge in [-0.15, -0.1) is 0 Å². The van der Waals surface area contributed by atoms with Crippen molar-refractivity contribution in [3.63, 3.8) is 0 Å². The molecule has 0 heterocycles. The number of carbonyl (C=O) groups is 1. The molecule has 5 nitrogen and oxygen atoms in total. The molecule has 0 spiro atoms. The minimum absolute atomic E-state index is 0.0453. The summed E-state index contributed by atoms with van der Waals surface area (Å²) in [5, 5.41) is 0. The minimum atomic E-state index is -3.22. The van der Waals surface area contributed by atoms with Gasteiger partial charge >= 0.3 is 0 Å². The minimum Gasteiger partial charge on any atom is -0.384 e. The standard InChI is InChI=1S/C12H17NO4S/c1-3-18(15,16)10-6-4-9(5-7-10)11(8-17-2)12(13)14/h4-7,11H,3,8H2,1-2H3,(H2,13,14). The summed E-state index contributed by atoms with van der Waals surface area (Å²) in [5.74, 6) is -1.01. The molecule has 1 rings (SSSR count). The van der Waals surface area contributed by atoms with Gasteiger partial charge in [0, 0.05) is 7.11 Å². The first-order valence-corrected chi connectivity index (χ1v) is 7.18. The number of hydrogen-bond donors (Lipinski definition) is 1. The lowest BCUT2D eigenvalue weighted by Gasteiger charge is -2.13. The zero-order valence-electron chi connectivity index (χ0n) is 10.4. The van der Waals surface area contributed by atoms with Gasteiger partial charge in [-0.3, -0.25) is 4.79 Å². The number of carbonyl (C=O) groups excluding carboxylic acids is 1. The van der Waals surface area contributed by atoms with Gasteiger partial charge in [0.15, 0.2) is 9.84 Å². The van der Waals surface area contributed by atoms with Crippen LogP contribution in [0.2, 0.25) is 0 Å². The van der Waals surface area contributed by atoms with E-state index in [0.29, 0.717) is 5.56 Å². The molecule has 1 aromatic rings. The van der Waals surface area contributed by atoms with E-state index in [2.05, 4.69) is 0 Å². The molecule has 1 unspecified atom stereocenters. The molecule has 1 atom stereocenters. The van der Waals surface area contributed by atoms with Gasteiger partial charge in [-0.1, -0.05) is 19.1 Å². The van der Waals surface area contributed by atoms with Crippen LogP contribution in [0.3, 0.4) is 0 Å². The third-order valence-electron chi connectivity index (χ3n) is 2.70. The van der Waals surface area contributed by atoms with E-state index in [-0.39, 0.29) is 17.3 Å². The molecule has 0 aliphatic rings. The molecule has 0 aromatic heterocycles. The highest BCUT2D eigenvalue weighted by molar-refractivity contribution is 7.91. The van der Waals surface area contributed by atoms with Crippen molar-refractivity contribution in [1.29, 1.82) is 0 Å². The fraction of sp³-hybridized carbons (Fsp3) is 0.417. The number of ether oxygens (including phenoxy) is 1. The lowest BCUT2D eigenvalue weighted by Crippen LogP contribution is -2.25. The van der Waals surface area contributed by atoms with Crippen LogP contribution in [0.5, 0.6) is 0 Å². The van der Waals surface area contributed by atoms with E-state index in [1.54, 1.807) is 19.1 Å². The molecule has 0 saturated carbocycles. The molecule has 0 radical (unpaired) electrons.